The largest absolute Gasteiger partial charge is 0.497 e. The van der Waals surface area contributed by atoms with Gasteiger partial charge in [0, 0.05) is 29.9 Å². The fourth-order valence-corrected chi connectivity index (χ4v) is 2.31. The number of nitrogens with one attached hydrogen (secondary N) is 2. The van der Waals surface area contributed by atoms with E-state index in [0.717, 1.165) is 5.69 Å². The molecule has 1 heterocycles. The molecule has 0 radical (unpaired) electrons. The highest BCUT2D eigenvalue weighted by Crippen LogP contribution is 2.20. The lowest BCUT2D eigenvalue weighted by Gasteiger charge is -2.09. The van der Waals surface area contributed by atoms with Crippen LogP contribution in [-0.4, -0.2) is 23.0 Å². The zero-order valence-corrected chi connectivity index (χ0v) is 14.1. The predicted molar refractivity (Wildman–Crippen MR) is 95.9 cm³/mol. The average Bonchev–Trinajstić information content (AvgIpc) is 2.67. The SMILES string of the molecule is COc1cccc(Nc2cc(C(=O)NCc3ccccc3F)ncn2)c1. The van der Waals surface area contributed by atoms with Gasteiger partial charge in [-0.2, -0.15) is 0 Å². The van der Waals surface area contributed by atoms with Gasteiger partial charge in [0.25, 0.3) is 5.91 Å². The predicted octanol–water partition coefficient (Wildman–Crippen LogP) is 3.30. The third-order valence-electron chi connectivity index (χ3n) is 3.64. The van der Waals surface area contributed by atoms with Gasteiger partial charge in [-0.15, -0.1) is 0 Å². The number of benzene rings is 2. The van der Waals surface area contributed by atoms with Crippen molar-refractivity contribution in [1.82, 2.24) is 15.3 Å². The maximum atomic E-state index is 13.6. The molecule has 2 aromatic carbocycles. The molecule has 6 nitrogen and oxygen atoms in total. The molecule has 0 aliphatic rings. The van der Waals surface area contributed by atoms with Crippen LogP contribution in [0.25, 0.3) is 0 Å². The molecule has 0 unspecified atom stereocenters. The van der Waals surface area contributed by atoms with Gasteiger partial charge in [0.05, 0.1) is 7.11 Å². The number of amides is 1. The van der Waals surface area contributed by atoms with Crippen molar-refractivity contribution in [3.05, 3.63) is 78.0 Å². The van der Waals surface area contributed by atoms with E-state index in [4.69, 9.17) is 4.74 Å². The van der Waals surface area contributed by atoms with Gasteiger partial charge in [0.1, 0.15) is 29.4 Å². The van der Waals surface area contributed by atoms with E-state index in [9.17, 15) is 9.18 Å². The lowest BCUT2D eigenvalue weighted by molar-refractivity contribution is 0.0945. The fraction of sp³-hybridized carbons (Fsp3) is 0.105. The molecule has 0 aliphatic heterocycles. The van der Waals surface area contributed by atoms with Crippen molar-refractivity contribution < 1.29 is 13.9 Å². The number of hydrogen-bond donors (Lipinski definition) is 2. The van der Waals surface area contributed by atoms with E-state index in [0.29, 0.717) is 17.1 Å². The molecule has 0 bridgehead atoms. The lowest BCUT2D eigenvalue weighted by Crippen LogP contribution is -2.24. The van der Waals surface area contributed by atoms with E-state index in [1.54, 1.807) is 31.4 Å². The summed E-state index contributed by atoms with van der Waals surface area (Å²) in [5.41, 5.74) is 1.35. The highest BCUT2D eigenvalue weighted by atomic mass is 19.1. The normalized spacial score (nSPS) is 10.2. The van der Waals surface area contributed by atoms with Crippen LogP contribution in [0.5, 0.6) is 5.75 Å². The molecular weight excluding hydrogens is 335 g/mol. The van der Waals surface area contributed by atoms with Crippen molar-refractivity contribution in [2.45, 2.75) is 6.54 Å². The Morgan fingerprint density at radius 2 is 1.96 bits per heavy atom. The third-order valence-corrected chi connectivity index (χ3v) is 3.64. The molecule has 0 fully saturated rings. The summed E-state index contributed by atoms with van der Waals surface area (Å²) < 4.78 is 18.8. The molecule has 1 amide bonds. The summed E-state index contributed by atoms with van der Waals surface area (Å²) >= 11 is 0. The highest BCUT2D eigenvalue weighted by molar-refractivity contribution is 5.92. The molecule has 1 aromatic heterocycles. The summed E-state index contributed by atoms with van der Waals surface area (Å²) in [6.45, 7) is 0.0775. The van der Waals surface area contributed by atoms with E-state index in [-0.39, 0.29) is 18.1 Å². The Balaban J connectivity index is 1.68. The number of aromatic nitrogens is 2. The van der Waals surface area contributed by atoms with Crippen LogP contribution in [0.1, 0.15) is 16.1 Å². The van der Waals surface area contributed by atoms with Gasteiger partial charge in [0.2, 0.25) is 0 Å². The summed E-state index contributed by atoms with van der Waals surface area (Å²) in [5.74, 6) is 0.386. The number of carbonyl (C=O) groups excluding carboxylic acids is 1. The second-order valence-electron chi connectivity index (χ2n) is 5.42. The van der Waals surface area contributed by atoms with Crippen LogP contribution in [0.4, 0.5) is 15.9 Å². The van der Waals surface area contributed by atoms with Crippen LogP contribution in [-0.2, 0) is 6.54 Å². The second-order valence-corrected chi connectivity index (χ2v) is 5.42. The van der Waals surface area contributed by atoms with Crippen LogP contribution < -0.4 is 15.4 Å². The minimum atomic E-state index is -0.413. The van der Waals surface area contributed by atoms with Crippen LogP contribution >= 0.6 is 0 Å². The van der Waals surface area contributed by atoms with Crippen molar-refractivity contribution >= 4 is 17.4 Å². The van der Waals surface area contributed by atoms with Crippen molar-refractivity contribution in [3.63, 3.8) is 0 Å². The summed E-state index contributed by atoms with van der Waals surface area (Å²) in [6.07, 6.45) is 1.29. The van der Waals surface area contributed by atoms with E-state index >= 15 is 0 Å². The van der Waals surface area contributed by atoms with Crippen LogP contribution in [0.15, 0.2) is 60.9 Å². The van der Waals surface area contributed by atoms with Gasteiger partial charge in [-0.3, -0.25) is 4.79 Å². The van der Waals surface area contributed by atoms with Crippen LogP contribution in [0, 0.1) is 5.82 Å². The third kappa shape index (κ3) is 4.32. The van der Waals surface area contributed by atoms with E-state index in [1.165, 1.54) is 18.5 Å². The molecule has 0 saturated heterocycles. The Labute approximate surface area is 150 Å². The molecule has 26 heavy (non-hydrogen) atoms. The monoisotopic (exact) mass is 352 g/mol. The van der Waals surface area contributed by atoms with Gasteiger partial charge < -0.3 is 15.4 Å². The van der Waals surface area contributed by atoms with Gasteiger partial charge in [0.15, 0.2) is 0 Å². The Hall–Kier alpha value is -3.48. The van der Waals surface area contributed by atoms with E-state index in [2.05, 4.69) is 20.6 Å². The van der Waals surface area contributed by atoms with Gasteiger partial charge >= 0.3 is 0 Å². The molecule has 0 aliphatic carbocycles. The first-order valence-electron chi connectivity index (χ1n) is 7.90. The second kappa shape index (κ2) is 8.06. The fourth-order valence-electron chi connectivity index (χ4n) is 2.31. The minimum Gasteiger partial charge on any atom is -0.497 e. The summed E-state index contributed by atoms with van der Waals surface area (Å²) in [4.78, 5) is 20.3. The zero-order chi connectivity index (χ0) is 18.4. The maximum absolute atomic E-state index is 13.6. The minimum absolute atomic E-state index is 0.0775. The van der Waals surface area contributed by atoms with Crippen molar-refractivity contribution in [2.24, 2.45) is 0 Å². The number of carbonyl (C=O) groups is 1. The molecule has 2 N–H and O–H groups in total. The van der Waals surface area contributed by atoms with Crippen LogP contribution in [0.2, 0.25) is 0 Å². The van der Waals surface area contributed by atoms with Gasteiger partial charge in [-0.25, -0.2) is 14.4 Å². The average molecular weight is 352 g/mol. The van der Waals surface area contributed by atoms with Crippen molar-refractivity contribution in [2.75, 3.05) is 12.4 Å². The Bertz CT molecular complexity index is 917. The van der Waals surface area contributed by atoms with Crippen molar-refractivity contribution in [1.29, 1.82) is 0 Å². The first-order chi connectivity index (χ1) is 12.7. The quantitative estimate of drug-likeness (QED) is 0.712. The Morgan fingerprint density at radius 3 is 2.77 bits per heavy atom. The van der Waals surface area contributed by atoms with E-state index < -0.39 is 5.91 Å². The molecule has 0 saturated carbocycles. The number of methoxy groups -OCH3 is 1. The maximum Gasteiger partial charge on any atom is 0.270 e. The topological polar surface area (TPSA) is 76.1 Å². The van der Waals surface area contributed by atoms with Crippen molar-refractivity contribution in [3.8, 4) is 5.75 Å². The molecular formula is C19H17FN4O2. The Kier molecular flexibility index (Phi) is 5.38. The summed E-state index contributed by atoms with van der Waals surface area (Å²) in [5, 5.41) is 5.73. The first-order valence-corrected chi connectivity index (χ1v) is 7.90. The number of rotatable bonds is 6. The molecule has 3 rings (SSSR count). The number of halogens is 1. The molecule has 0 atom stereocenters. The number of nitrogens with zero attached hydrogens (tertiary/aromatic N) is 2. The Morgan fingerprint density at radius 1 is 1.12 bits per heavy atom. The molecule has 7 heteroatoms. The molecule has 0 spiro atoms. The van der Waals surface area contributed by atoms with Gasteiger partial charge in [-0.05, 0) is 18.2 Å². The smallest absolute Gasteiger partial charge is 0.270 e. The number of anilines is 2. The molecule has 132 valence electrons. The first kappa shape index (κ1) is 17.3. The standard InChI is InChI=1S/C19H17FN4O2/c1-26-15-7-4-6-14(9-15)24-18-10-17(22-12-23-18)19(25)21-11-13-5-2-3-8-16(13)20/h2-10,12H,11H2,1H3,(H,21,25)(H,22,23,24). The molecule has 3 aromatic rings. The highest BCUT2D eigenvalue weighted by Gasteiger charge is 2.10. The summed E-state index contributed by atoms with van der Waals surface area (Å²) in [6, 6.07) is 15.1. The lowest BCUT2D eigenvalue weighted by atomic mass is 10.2. The zero-order valence-electron chi connectivity index (χ0n) is 14.1. The summed E-state index contributed by atoms with van der Waals surface area (Å²) in [7, 11) is 1.59. The van der Waals surface area contributed by atoms with E-state index in [1.807, 2.05) is 18.2 Å². The van der Waals surface area contributed by atoms with Crippen LogP contribution in [0.3, 0.4) is 0 Å². The number of hydrogen-bond acceptors (Lipinski definition) is 5. The number of ether oxygens (including phenoxy) is 1. The van der Waals surface area contributed by atoms with Gasteiger partial charge in [-0.1, -0.05) is 24.3 Å².